The predicted molar refractivity (Wildman–Crippen MR) is 91.7 cm³/mol. The highest BCUT2D eigenvalue weighted by molar-refractivity contribution is 5.88. The van der Waals surface area contributed by atoms with Gasteiger partial charge < -0.3 is 9.64 Å². The SMILES string of the molecule is COC(=O)c1[nH]ncc1CN(C)CC1Cc2ccccc2CN1C. The van der Waals surface area contributed by atoms with E-state index in [1.165, 1.54) is 18.2 Å². The molecule has 24 heavy (non-hydrogen) atoms. The molecule has 1 N–H and O–H groups in total. The maximum Gasteiger partial charge on any atom is 0.356 e. The highest BCUT2D eigenvalue weighted by atomic mass is 16.5. The summed E-state index contributed by atoms with van der Waals surface area (Å²) in [6, 6.07) is 9.10. The summed E-state index contributed by atoms with van der Waals surface area (Å²) in [6.07, 6.45) is 2.74. The molecule has 1 aliphatic rings. The number of hydrogen-bond donors (Lipinski definition) is 1. The first-order valence-corrected chi connectivity index (χ1v) is 8.14. The lowest BCUT2D eigenvalue weighted by molar-refractivity contribution is 0.0591. The van der Waals surface area contributed by atoms with Crippen molar-refractivity contribution in [3.8, 4) is 0 Å². The van der Waals surface area contributed by atoms with Crippen LogP contribution >= 0.6 is 0 Å². The molecular weight excluding hydrogens is 304 g/mol. The van der Waals surface area contributed by atoms with E-state index in [9.17, 15) is 4.79 Å². The molecule has 2 aromatic rings. The molecule has 0 bridgehead atoms. The molecule has 128 valence electrons. The highest BCUT2D eigenvalue weighted by Gasteiger charge is 2.24. The van der Waals surface area contributed by atoms with E-state index >= 15 is 0 Å². The molecule has 0 fully saturated rings. The second-order valence-electron chi connectivity index (χ2n) is 6.50. The van der Waals surface area contributed by atoms with Gasteiger partial charge in [0.25, 0.3) is 0 Å². The minimum absolute atomic E-state index is 0.375. The first-order valence-electron chi connectivity index (χ1n) is 8.14. The number of aromatic nitrogens is 2. The number of benzene rings is 1. The molecule has 0 aliphatic carbocycles. The number of esters is 1. The number of rotatable bonds is 5. The average molecular weight is 328 g/mol. The lowest BCUT2D eigenvalue weighted by Gasteiger charge is -2.36. The van der Waals surface area contributed by atoms with E-state index in [0.29, 0.717) is 18.3 Å². The van der Waals surface area contributed by atoms with E-state index in [4.69, 9.17) is 4.74 Å². The van der Waals surface area contributed by atoms with Crippen LogP contribution in [0, 0.1) is 0 Å². The maximum atomic E-state index is 11.7. The highest BCUT2D eigenvalue weighted by Crippen LogP contribution is 2.22. The molecule has 3 rings (SSSR count). The molecule has 0 radical (unpaired) electrons. The number of nitrogens with one attached hydrogen (secondary N) is 1. The van der Waals surface area contributed by atoms with Crippen molar-refractivity contribution in [1.29, 1.82) is 0 Å². The van der Waals surface area contributed by atoms with Crippen LogP contribution in [0.25, 0.3) is 0 Å². The molecule has 2 heterocycles. The summed E-state index contributed by atoms with van der Waals surface area (Å²) in [5, 5.41) is 6.70. The Morgan fingerprint density at radius 2 is 2.17 bits per heavy atom. The first-order chi connectivity index (χ1) is 11.6. The Bertz CT molecular complexity index is 713. The van der Waals surface area contributed by atoms with Gasteiger partial charge >= 0.3 is 5.97 Å². The van der Waals surface area contributed by atoms with Crippen molar-refractivity contribution in [1.82, 2.24) is 20.0 Å². The Labute approximate surface area is 142 Å². The van der Waals surface area contributed by atoms with E-state index in [0.717, 1.165) is 25.1 Å². The summed E-state index contributed by atoms with van der Waals surface area (Å²) in [5.74, 6) is -0.375. The summed E-state index contributed by atoms with van der Waals surface area (Å²) in [5.41, 5.74) is 4.16. The van der Waals surface area contributed by atoms with Crippen molar-refractivity contribution in [3.63, 3.8) is 0 Å². The van der Waals surface area contributed by atoms with Crippen molar-refractivity contribution < 1.29 is 9.53 Å². The van der Waals surface area contributed by atoms with E-state index in [2.05, 4.69) is 58.4 Å². The van der Waals surface area contributed by atoms with E-state index in [1.54, 1.807) is 6.20 Å². The van der Waals surface area contributed by atoms with Crippen LogP contribution in [-0.2, 0) is 24.2 Å². The zero-order valence-electron chi connectivity index (χ0n) is 14.5. The summed E-state index contributed by atoms with van der Waals surface area (Å²) in [4.78, 5) is 16.4. The lowest BCUT2D eigenvalue weighted by atomic mass is 9.94. The van der Waals surface area contributed by atoms with Crippen molar-refractivity contribution in [3.05, 3.63) is 52.8 Å². The van der Waals surface area contributed by atoms with Crippen molar-refractivity contribution in [2.24, 2.45) is 0 Å². The van der Waals surface area contributed by atoms with Crippen molar-refractivity contribution in [2.45, 2.75) is 25.6 Å². The Morgan fingerprint density at radius 3 is 2.92 bits per heavy atom. The van der Waals surface area contributed by atoms with Crippen LogP contribution in [0.4, 0.5) is 0 Å². The smallest absolute Gasteiger partial charge is 0.356 e. The van der Waals surface area contributed by atoms with Gasteiger partial charge in [0.15, 0.2) is 0 Å². The molecule has 0 saturated carbocycles. The van der Waals surface area contributed by atoms with Gasteiger partial charge in [0.05, 0.1) is 13.3 Å². The number of fused-ring (bicyclic) bond motifs is 1. The van der Waals surface area contributed by atoms with Gasteiger partial charge in [-0.15, -0.1) is 0 Å². The number of carbonyl (C=O) groups excluding carboxylic acids is 1. The van der Waals surface area contributed by atoms with Gasteiger partial charge in [-0.2, -0.15) is 5.10 Å². The van der Waals surface area contributed by atoms with Crippen molar-refractivity contribution >= 4 is 5.97 Å². The van der Waals surface area contributed by atoms with Gasteiger partial charge in [0.2, 0.25) is 0 Å². The number of methoxy groups -OCH3 is 1. The molecule has 0 amide bonds. The summed E-state index contributed by atoms with van der Waals surface area (Å²) < 4.78 is 4.79. The van der Waals surface area contributed by atoms with E-state index < -0.39 is 0 Å². The summed E-state index contributed by atoms with van der Waals surface area (Å²) in [6.45, 7) is 2.57. The predicted octanol–water partition coefficient (Wildman–Crippen LogP) is 1.68. The number of aromatic amines is 1. The van der Waals surface area contributed by atoms with Gasteiger partial charge in [-0.3, -0.25) is 10.00 Å². The number of hydrogen-bond acceptors (Lipinski definition) is 5. The molecule has 1 aliphatic heterocycles. The Kier molecular flexibility index (Phi) is 4.97. The molecule has 1 atom stereocenters. The minimum Gasteiger partial charge on any atom is -0.464 e. The fourth-order valence-corrected chi connectivity index (χ4v) is 3.35. The largest absolute Gasteiger partial charge is 0.464 e. The number of ether oxygens (including phenoxy) is 1. The monoisotopic (exact) mass is 328 g/mol. The van der Waals surface area contributed by atoms with Crippen LogP contribution in [-0.4, -0.2) is 59.8 Å². The Balaban J connectivity index is 1.64. The molecular formula is C18H24N4O2. The van der Waals surface area contributed by atoms with Gasteiger partial charge in [-0.1, -0.05) is 24.3 Å². The first kappa shape index (κ1) is 16.7. The molecule has 6 nitrogen and oxygen atoms in total. The average Bonchev–Trinajstić information content (AvgIpc) is 3.02. The topological polar surface area (TPSA) is 61.5 Å². The van der Waals surface area contributed by atoms with Crippen molar-refractivity contribution in [2.75, 3.05) is 27.7 Å². The second kappa shape index (κ2) is 7.15. The second-order valence-corrected chi connectivity index (χ2v) is 6.50. The van der Waals surface area contributed by atoms with Gasteiger partial charge in [0.1, 0.15) is 5.69 Å². The third kappa shape index (κ3) is 3.49. The normalized spacial score (nSPS) is 17.8. The third-order valence-electron chi connectivity index (χ3n) is 4.69. The number of nitrogens with zero attached hydrogens (tertiary/aromatic N) is 3. The minimum atomic E-state index is -0.375. The Hall–Kier alpha value is -2.18. The van der Waals surface area contributed by atoms with Crippen LogP contribution in [0.15, 0.2) is 30.5 Å². The van der Waals surface area contributed by atoms with Gasteiger partial charge in [-0.05, 0) is 31.6 Å². The van der Waals surface area contributed by atoms with Crippen LogP contribution in [0.2, 0.25) is 0 Å². The quantitative estimate of drug-likeness (QED) is 0.846. The van der Waals surface area contributed by atoms with Gasteiger partial charge in [-0.25, -0.2) is 4.79 Å². The molecule has 6 heteroatoms. The lowest BCUT2D eigenvalue weighted by Crippen LogP contribution is -2.44. The summed E-state index contributed by atoms with van der Waals surface area (Å²) in [7, 11) is 5.62. The molecule has 0 saturated heterocycles. The zero-order chi connectivity index (χ0) is 17.1. The maximum absolute atomic E-state index is 11.7. The van der Waals surface area contributed by atoms with E-state index in [-0.39, 0.29) is 5.97 Å². The van der Waals surface area contributed by atoms with Crippen LogP contribution < -0.4 is 0 Å². The van der Waals surface area contributed by atoms with Crippen LogP contribution in [0.1, 0.15) is 27.2 Å². The van der Waals surface area contributed by atoms with Gasteiger partial charge in [0, 0.05) is 31.2 Å². The number of likely N-dealkylation sites (N-methyl/N-ethyl adjacent to an activating group) is 2. The molecule has 1 aromatic heterocycles. The fourth-order valence-electron chi connectivity index (χ4n) is 3.35. The molecule has 1 unspecified atom stereocenters. The number of H-pyrrole nitrogens is 1. The molecule has 1 aromatic carbocycles. The third-order valence-corrected chi connectivity index (χ3v) is 4.69. The zero-order valence-corrected chi connectivity index (χ0v) is 14.5. The van der Waals surface area contributed by atoms with E-state index in [1.807, 2.05) is 0 Å². The standard InChI is InChI=1S/C18H24N4O2/c1-21(10-15-9-19-20-17(15)18(23)24-3)12-16-8-13-6-4-5-7-14(13)11-22(16)2/h4-7,9,16H,8,10-12H2,1-3H3,(H,19,20). The fraction of sp³-hybridized carbons (Fsp3) is 0.444. The number of carbonyl (C=O) groups is 1. The Morgan fingerprint density at radius 1 is 1.42 bits per heavy atom. The van der Waals surface area contributed by atoms with Crippen LogP contribution in [0.5, 0.6) is 0 Å². The van der Waals surface area contributed by atoms with Crippen LogP contribution in [0.3, 0.4) is 0 Å². The summed E-state index contributed by atoms with van der Waals surface area (Å²) >= 11 is 0. The molecule has 0 spiro atoms.